The van der Waals surface area contributed by atoms with E-state index in [4.69, 9.17) is 4.74 Å². The summed E-state index contributed by atoms with van der Waals surface area (Å²) in [5, 5.41) is 2.89. The molecule has 0 saturated carbocycles. The van der Waals surface area contributed by atoms with Gasteiger partial charge in [0.1, 0.15) is 11.6 Å². The lowest BCUT2D eigenvalue weighted by Crippen LogP contribution is -2.11. The van der Waals surface area contributed by atoms with E-state index in [-0.39, 0.29) is 5.91 Å². The Balaban J connectivity index is 1.50. The lowest BCUT2D eigenvalue weighted by Gasteiger charge is -2.07. The van der Waals surface area contributed by atoms with Crippen molar-refractivity contribution in [3.63, 3.8) is 0 Å². The molecule has 0 atom stereocenters. The molecule has 0 unspecified atom stereocenters. The number of fused-ring (bicyclic) bond motifs is 1. The maximum absolute atomic E-state index is 12.3. The summed E-state index contributed by atoms with van der Waals surface area (Å²) in [7, 11) is 1.60. The molecule has 4 rings (SSSR count). The monoisotopic (exact) mass is 343 g/mol. The fraction of sp³-hybridized carbons (Fsp3) is 0.0476. The third-order valence-corrected chi connectivity index (χ3v) is 4.16. The normalized spacial score (nSPS) is 10.7. The van der Waals surface area contributed by atoms with E-state index in [1.54, 1.807) is 31.4 Å². The molecule has 26 heavy (non-hydrogen) atoms. The lowest BCUT2D eigenvalue weighted by atomic mass is 10.1. The topological polar surface area (TPSA) is 67.0 Å². The molecule has 0 spiro atoms. The highest BCUT2D eigenvalue weighted by atomic mass is 16.5. The molecule has 0 aliphatic heterocycles. The zero-order valence-electron chi connectivity index (χ0n) is 14.2. The van der Waals surface area contributed by atoms with Crippen LogP contribution in [0.4, 0.5) is 5.69 Å². The van der Waals surface area contributed by atoms with Crippen LogP contribution in [0.25, 0.3) is 22.4 Å². The molecule has 0 saturated heterocycles. The van der Waals surface area contributed by atoms with Gasteiger partial charge in [-0.25, -0.2) is 4.98 Å². The molecule has 4 aromatic rings. The summed E-state index contributed by atoms with van der Waals surface area (Å²) in [5.74, 6) is 1.36. The van der Waals surface area contributed by atoms with Crippen LogP contribution in [0.3, 0.4) is 0 Å². The van der Waals surface area contributed by atoms with E-state index in [0.29, 0.717) is 5.56 Å². The van der Waals surface area contributed by atoms with Gasteiger partial charge in [0, 0.05) is 16.8 Å². The number of para-hydroxylation sites is 2. The first-order valence-electron chi connectivity index (χ1n) is 8.23. The number of benzene rings is 3. The number of imidazole rings is 1. The van der Waals surface area contributed by atoms with Crippen molar-refractivity contribution in [1.82, 2.24) is 9.97 Å². The fourth-order valence-electron chi connectivity index (χ4n) is 2.75. The Morgan fingerprint density at radius 3 is 2.38 bits per heavy atom. The fourth-order valence-corrected chi connectivity index (χ4v) is 2.75. The van der Waals surface area contributed by atoms with Crippen LogP contribution in [0.15, 0.2) is 72.8 Å². The summed E-state index contributed by atoms with van der Waals surface area (Å²) < 4.78 is 5.10. The summed E-state index contributed by atoms with van der Waals surface area (Å²) in [6, 6.07) is 22.5. The molecule has 3 aromatic carbocycles. The van der Waals surface area contributed by atoms with Gasteiger partial charge in [-0.3, -0.25) is 4.79 Å². The maximum Gasteiger partial charge on any atom is 0.255 e. The number of nitrogens with one attached hydrogen (secondary N) is 2. The van der Waals surface area contributed by atoms with Crippen LogP contribution >= 0.6 is 0 Å². The zero-order chi connectivity index (χ0) is 17.9. The van der Waals surface area contributed by atoms with Crippen LogP contribution in [0, 0.1) is 0 Å². The number of amides is 1. The Bertz CT molecular complexity index is 1020. The third-order valence-electron chi connectivity index (χ3n) is 4.16. The largest absolute Gasteiger partial charge is 0.497 e. The van der Waals surface area contributed by atoms with E-state index >= 15 is 0 Å². The van der Waals surface area contributed by atoms with E-state index in [9.17, 15) is 4.79 Å². The Morgan fingerprint density at radius 1 is 0.962 bits per heavy atom. The molecule has 1 amide bonds. The van der Waals surface area contributed by atoms with Crippen molar-refractivity contribution in [2.24, 2.45) is 0 Å². The van der Waals surface area contributed by atoms with Crippen molar-refractivity contribution in [2.45, 2.75) is 0 Å². The highest BCUT2D eigenvalue weighted by Gasteiger charge is 2.08. The summed E-state index contributed by atoms with van der Waals surface area (Å²) in [6.45, 7) is 0. The SMILES string of the molecule is COc1ccc(C(=O)Nc2ccc(-c3nc4ccccc4[nH]3)cc2)cc1. The van der Waals surface area contributed by atoms with Crippen molar-refractivity contribution in [3.8, 4) is 17.1 Å². The molecule has 0 fully saturated rings. The van der Waals surface area contributed by atoms with E-state index in [1.807, 2.05) is 48.5 Å². The quantitative estimate of drug-likeness (QED) is 0.574. The number of methoxy groups -OCH3 is 1. The zero-order valence-corrected chi connectivity index (χ0v) is 14.2. The van der Waals surface area contributed by atoms with Gasteiger partial charge in [-0.2, -0.15) is 0 Å². The predicted octanol–water partition coefficient (Wildman–Crippen LogP) is 4.49. The summed E-state index contributed by atoms with van der Waals surface area (Å²) in [4.78, 5) is 20.2. The number of hydrogen-bond donors (Lipinski definition) is 2. The van der Waals surface area contributed by atoms with Gasteiger partial charge in [0.2, 0.25) is 0 Å². The number of carbonyl (C=O) groups excluding carboxylic acids is 1. The average Bonchev–Trinajstić information content (AvgIpc) is 3.13. The molecule has 0 bridgehead atoms. The Labute approximate surface area is 150 Å². The van der Waals surface area contributed by atoms with Crippen LogP contribution in [0.2, 0.25) is 0 Å². The number of ether oxygens (including phenoxy) is 1. The van der Waals surface area contributed by atoms with Gasteiger partial charge >= 0.3 is 0 Å². The van der Waals surface area contributed by atoms with Crippen molar-refractivity contribution in [3.05, 3.63) is 78.4 Å². The number of carbonyl (C=O) groups is 1. The van der Waals surface area contributed by atoms with Crippen molar-refractivity contribution < 1.29 is 9.53 Å². The molecule has 0 aliphatic carbocycles. The van der Waals surface area contributed by atoms with Gasteiger partial charge in [-0.1, -0.05) is 12.1 Å². The molecule has 2 N–H and O–H groups in total. The first-order valence-corrected chi connectivity index (χ1v) is 8.23. The van der Waals surface area contributed by atoms with Gasteiger partial charge < -0.3 is 15.0 Å². The standard InChI is InChI=1S/C21H17N3O2/c1-26-17-12-8-15(9-13-17)21(25)22-16-10-6-14(7-11-16)20-23-18-4-2-3-5-19(18)24-20/h2-13H,1H3,(H,22,25)(H,23,24). The third kappa shape index (κ3) is 3.15. The summed E-state index contributed by atoms with van der Waals surface area (Å²) >= 11 is 0. The molecular weight excluding hydrogens is 326 g/mol. The lowest BCUT2D eigenvalue weighted by molar-refractivity contribution is 0.102. The van der Waals surface area contributed by atoms with Crippen molar-refractivity contribution >= 4 is 22.6 Å². The Hall–Kier alpha value is -3.60. The van der Waals surface area contributed by atoms with E-state index in [1.165, 1.54) is 0 Å². The van der Waals surface area contributed by atoms with Crippen LogP contribution in [-0.2, 0) is 0 Å². The van der Waals surface area contributed by atoms with Crippen molar-refractivity contribution in [2.75, 3.05) is 12.4 Å². The Kier molecular flexibility index (Phi) is 4.11. The van der Waals surface area contributed by atoms with Gasteiger partial charge in [0.05, 0.1) is 18.1 Å². The molecule has 1 aromatic heterocycles. The molecule has 5 heteroatoms. The molecule has 128 valence electrons. The number of aromatic nitrogens is 2. The number of rotatable bonds is 4. The first-order chi connectivity index (χ1) is 12.7. The summed E-state index contributed by atoms with van der Waals surface area (Å²) in [5.41, 5.74) is 4.19. The smallest absolute Gasteiger partial charge is 0.255 e. The Morgan fingerprint density at radius 2 is 1.69 bits per heavy atom. The van der Waals surface area contributed by atoms with Gasteiger partial charge in [0.15, 0.2) is 0 Å². The maximum atomic E-state index is 12.3. The highest BCUT2D eigenvalue weighted by molar-refractivity contribution is 6.04. The average molecular weight is 343 g/mol. The number of aromatic amines is 1. The molecule has 0 aliphatic rings. The number of nitrogens with zero attached hydrogens (tertiary/aromatic N) is 1. The minimum atomic E-state index is -0.163. The number of H-pyrrole nitrogens is 1. The van der Waals surface area contributed by atoms with Gasteiger partial charge in [-0.05, 0) is 60.7 Å². The molecular formula is C21H17N3O2. The van der Waals surface area contributed by atoms with Crippen LogP contribution in [0.5, 0.6) is 5.75 Å². The predicted molar refractivity (Wildman–Crippen MR) is 102 cm³/mol. The molecule has 5 nitrogen and oxygen atoms in total. The molecule has 0 radical (unpaired) electrons. The highest BCUT2D eigenvalue weighted by Crippen LogP contribution is 2.22. The van der Waals surface area contributed by atoms with E-state index in [2.05, 4.69) is 15.3 Å². The van der Waals surface area contributed by atoms with Crippen LogP contribution in [-0.4, -0.2) is 23.0 Å². The number of hydrogen-bond acceptors (Lipinski definition) is 3. The number of anilines is 1. The second-order valence-corrected chi connectivity index (χ2v) is 5.86. The van der Waals surface area contributed by atoms with E-state index in [0.717, 1.165) is 33.9 Å². The first kappa shape index (κ1) is 15.9. The second kappa shape index (κ2) is 6.72. The molecule has 1 heterocycles. The minimum Gasteiger partial charge on any atom is -0.497 e. The summed E-state index contributed by atoms with van der Waals surface area (Å²) in [6.07, 6.45) is 0. The van der Waals surface area contributed by atoms with Crippen LogP contribution in [0.1, 0.15) is 10.4 Å². The van der Waals surface area contributed by atoms with Crippen molar-refractivity contribution in [1.29, 1.82) is 0 Å². The van der Waals surface area contributed by atoms with Gasteiger partial charge in [-0.15, -0.1) is 0 Å². The van der Waals surface area contributed by atoms with Crippen LogP contribution < -0.4 is 10.1 Å². The van der Waals surface area contributed by atoms with Gasteiger partial charge in [0.25, 0.3) is 5.91 Å². The second-order valence-electron chi connectivity index (χ2n) is 5.86. The van der Waals surface area contributed by atoms with E-state index < -0.39 is 0 Å². The minimum absolute atomic E-state index is 0.163.